The average Bonchev–Trinajstić information content (AvgIpc) is 2.66. The lowest BCUT2D eigenvalue weighted by Crippen LogP contribution is -2.50. The Morgan fingerprint density at radius 3 is 2.27 bits per heavy atom. The zero-order valence-electron chi connectivity index (χ0n) is 15.4. The molecule has 26 heavy (non-hydrogen) atoms. The highest BCUT2D eigenvalue weighted by atomic mass is 35.5. The number of nitrogens with zero attached hydrogens (tertiary/aromatic N) is 1. The first-order chi connectivity index (χ1) is 12.4. The molecule has 0 fully saturated rings. The van der Waals surface area contributed by atoms with E-state index >= 15 is 0 Å². The molecule has 0 saturated heterocycles. The van der Waals surface area contributed by atoms with Gasteiger partial charge in [0.25, 0.3) is 5.91 Å². The molecule has 2 aromatic carbocycles. The van der Waals surface area contributed by atoms with Crippen molar-refractivity contribution in [1.29, 1.82) is 0 Å². The molecule has 0 aliphatic carbocycles. The van der Waals surface area contributed by atoms with Crippen LogP contribution in [0.4, 0.5) is 0 Å². The molecular weight excluding hydrogens is 348 g/mol. The maximum atomic E-state index is 13.0. The van der Waals surface area contributed by atoms with Gasteiger partial charge in [-0.05, 0) is 35.7 Å². The van der Waals surface area contributed by atoms with Gasteiger partial charge in [-0.3, -0.25) is 9.59 Å². The fraction of sp³-hybridized carbons (Fsp3) is 0.333. The molecule has 2 rings (SSSR count). The summed E-state index contributed by atoms with van der Waals surface area (Å²) in [6.45, 7) is 4.49. The molecule has 2 amide bonds. The third-order valence-electron chi connectivity index (χ3n) is 4.51. The number of carbonyl (C=O) groups excluding carboxylic acids is 2. The Morgan fingerprint density at radius 1 is 1.08 bits per heavy atom. The average molecular weight is 373 g/mol. The van der Waals surface area contributed by atoms with E-state index in [9.17, 15) is 9.59 Å². The van der Waals surface area contributed by atoms with Gasteiger partial charge < -0.3 is 10.2 Å². The zero-order chi connectivity index (χ0) is 19.1. The molecule has 4 nitrogen and oxygen atoms in total. The summed E-state index contributed by atoms with van der Waals surface area (Å²) >= 11 is 5.87. The van der Waals surface area contributed by atoms with E-state index in [0.717, 1.165) is 12.0 Å². The summed E-state index contributed by atoms with van der Waals surface area (Å²) in [5, 5.41) is 3.46. The third kappa shape index (κ3) is 5.33. The SMILES string of the molecule is CCC(C)C(NC(=O)c1ccc(Cl)cc1)C(=O)N(C)Cc1ccccc1. The Hall–Kier alpha value is -2.33. The predicted molar refractivity (Wildman–Crippen MR) is 105 cm³/mol. The first-order valence-electron chi connectivity index (χ1n) is 8.77. The van der Waals surface area contributed by atoms with Crippen molar-refractivity contribution < 1.29 is 9.59 Å². The maximum absolute atomic E-state index is 13.0. The van der Waals surface area contributed by atoms with Gasteiger partial charge in [0.2, 0.25) is 5.91 Å². The molecule has 5 heteroatoms. The number of nitrogens with one attached hydrogen (secondary N) is 1. The van der Waals surface area contributed by atoms with Crippen molar-refractivity contribution >= 4 is 23.4 Å². The normalized spacial score (nSPS) is 12.9. The number of carbonyl (C=O) groups is 2. The van der Waals surface area contributed by atoms with Gasteiger partial charge in [-0.1, -0.05) is 62.2 Å². The lowest BCUT2D eigenvalue weighted by atomic mass is 9.97. The first kappa shape index (κ1) is 20.0. The summed E-state index contributed by atoms with van der Waals surface area (Å²) in [5.41, 5.74) is 1.54. The van der Waals surface area contributed by atoms with Crippen LogP contribution in [0.1, 0.15) is 36.2 Å². The van der Waals surface area contributed by atoms with Crippen LogP contribution in [0.15, 0.2) is 54.6 Å². The van der Waals surface area contributed by atoms with Gasteiger partial charge in [-0.2, -0.15) is 0 Å². The van der Waals surface area contributed by atoms with Gasteiger partial charge in [0.15, 0.2) is 0 Å². The Morgan fingerprint density at radius 2 is 1.69 bits per heavy atom. The van der Waals surface area contributed by atoms with Gasteiger partial charge in [-0.15, -0.1) is 0 Å². The minimum Gasteiger partial charge on any atom is -0.340 e. The van der Waals surface area contributed by atoms with Crippen LogP contribution >= 0.6 is 11.6 Å². The van der Waals surface area contributed by atoms with Crippen molar-refractivity contribution in [1.82, 2.24) is 10.2 Å². The van der Waals surface area contributed by atoms with Crippen LogP contribution in [-0.4, -0.2) is 29.8 Å². The summed E-state index contributed by atoms with van der Waals surface area (Å²) in [7, 11) is 1.76. The van der Waals surface area contributed by atoms with E-state index in [-0.39, 0.29) is 17.7 Å². The van der Waals surface area contributed by atoms with Crippen molar-refractivity contribution in [2.24, 2.45) is 5.92 Å². The van der Waals surface area contributed by atoms with Crippen LogP contribution in [0, 0.1) is 5.92 Å². The number of hydrogen-bond acceptors (Lipinski definition) is 2. The second kappa shape index (κ2) is 9.39. The highest BCUT2D eigenvalue weighted by Crippen LogP contribution is 2.15. The van der Waals surface area contributed by atoms with E-state index < -0.39 is 6.04 Å². The fourth-order valence-electron chi connectivity index (χ4n) is 2.68. The Bertz CT molecular complexity index is 731. The van der Waals surface area contributed by atoms with Gasteiger partial charge in [0, 0.05) is 24.2 Å². The number of benzene rings is 2. The Kier molecular flexibility index (Phi) is 7.22. The van der Waals surface area contributed by atoms with Gasteiger partial charge in [0.1, 0.15) is 6.04 Å². The number of hydrogen-bond donors (Lipinski definition) is 1. The van der Waals surface area contributed by atoms with Crippen molar-refractivity contribution in [3.8, 4) is 0 Å². The summed E-state index contributed by atoms with van der Waals surface area (Å²) in [6.07, 6.45) is 0.788. The number of halogens is 1. The van der Waals surface area contributed by atoms with E-state index in [2.05, 4.69) is 5.32 Å². The van der Waals surface area contributed by atoms with Gasteiger partial charge in [-0.25, -0.2) is 0 Å². The Labute approximate surface area is 160 Å². The molecule has 0 aliphatic rings. The van der Waals surface area contributed by atoms with Crippen molar-refractivity contribution in [3.63, 3.8) is 0 Å². The molecule has 0 radical (unpaired) electrons. The molecule has 0 bridgehead atoms. The summed E-state index contributed by atoms with van der Waals surface area (Å²) in [6, 6.07) is 15.9. The van der Waals surface area contributed by atoms with Gasteiger partial charge >= 0.3 is 0 Å². The second-order valence-electron chi connectivity index (χ2n) is 6.52. The molecule has 0 spiro atoms. The van der Waals surface area contributed by atoms with Crippen LogP contribution in [0.2, 0.25) is 5.02 Å². The lowest BCUT2D eigenvalue weighted by Gasteiger charge is -2.28. The van der Waals surface area contributed by atoms with Crippen LogP contribution < -0.4 is 5.32 Å². The van der Waals surface area contributed by atoms with E-state index in [1.165, 1.54) is 0 Å². The van der Waals surface area contributed by atoms with Crippen molar-refractivity contribution in [2.75, 3.05) is 7.05 Å². The topological polar surface area (TPSA) is 49.4 Å². The summed E-state index contributed by atoms with van der Waals surface area (Å²) in [4.78, 5) is 27.2. The third-order valence-corrected chi connectivity index (χ3v) is 4.76. The van der Waals surface area contributed by atoms with Crippen LogP contribution in [0.3, 0.4) is 0 Å². The molecule has 1 N–H and O–H groups in total. The van der Waals surface area contributed by atoms with E-state index in [1.807, 2.05) is 44.2 Å². The standard InChI is InChI=1S/C21H25ClN2O2/c1-4-15(2)19(23-20(25)17-10-12-18(22)13-11-17)21(26)24(3)14-16-8-6-5-7-9-16/h5-13,15,19H,4,14H2,1-3H3,(H,23,25). The minimum absolute atomic E-state index is 0.0250. The van der Waals surface area contributed by atoms with E-state index in [1.54, 1.807) is 36.2 Å². The first-order valence-corrected chi connectivity index (χ1v) is 9.15. The molecule has 0 heterocycles. The zero-order valence-corrected chi connectivity index (χ0v) is 16.2. The molecule has 0 aliphatic heterocycles. The van der Waals surface area contributed by atoms with E-state index in [0.29, 0.717) is 17.1 Å². The number of likely N-dealkylation sites (N-methyl/N-ethyl adjacent to an activating group) is 1. The summed E-state index contributed by atoms with van der Waals surface area (Å²) in [5.74, 6) is -0.337. The minimum atomic E-state index is -0.572. The number of amides is 2. The lowest BCUT2D eigenvalue weighted by molar-refractivity contribution is -0.133. The van der Waals surface area contributed by atoms with Crippen molar-refractivity contribution in [3.05, 3.63) is 70.7 Å². The quantitative estimate of drug-likeness (QED) is 0.793. The van der Waals surface area contributed by atoms with Crippen LogP contribution in [-0.2, 0) is 11.3 Å². The maximum Gasteiger partial charge on any atom is 0.251 e. The molecular formula is C21H25ClN2O2. The highest BCUT2D eigenvalue weighted by molar-refractivity contribution is 6.30. The van der Waals surface area contributed by atoms with Crippen molar-refractivity contribution in [2.45, 2.75) is 32.9 Å². The second-order valence-corrected chi connectivity index (χ2v) is 6.96. The largest absolute Gasteiger partial charge is 0.340 e. The van der Waals surface area contributed by atoms with Crippen LogP contribution in [0.25, 0.3) is 0 Å². The number of rotatable bonds is 7. The summed E-state index contributed by atoms with van der Waals surface area (Å²) < 4.78 is 0. The molecule has 2 aromatic rings. The highest BCUT2D eigenvalue weighted by Gasteiger charge is 2.28. The predicted octanol–water partition coefficient (Wildman–Crippen LogP) is 4.14. The Balaban J connectivity index is 2.11. The van der Waals surface area contributed by atoms with Crippen LogP contribution in [0.5, 0.6) is 0 Å². The fourth-order valence-corrected chi connectivity index (χ4v) is 2.81. The molecule has 0 aromatic heterocycles. The monoisotopic (exact) mass is 372 g/mol. The molecule has 2 atom stereocenters. The molecule has 0 saturated carbocycles. The smallest absolute Gasteiger partial charge is 0.251 e. The van der Waals surface area contributed by atoms with E-state index in [4.69, 9.17) is 11.6 Å². The molecule has 138 valence electrons. The molecule has 2 unspecified atom stereocenters. The van der Waals surface area contributed by atoms with Gasteiger partial charge in [0.05, 0.1) is 0 Å².